The second-order valence-corrected chi connectivity index (χ2v) is 6.83. The number of carbonyl (C=O) groups excluding carboxylic acids is 1. The Kier molecular flexibility index (Phi) is 5.44. The fraction of sp³-hybridized carbons (Fsp3) is 0.938. The van der Waals surface area contributed by atoms with Gasteiger partial charge in [0.1, 0.15) is 5.54 Å². The van der Waals surface area contributed by atoms with Crippen LogP contribution in [0.3, 0.4) is 0 Å². The molecule has 116 valence electrons. The fourth-order valence-corrected chi connectivity index (χ4v) is 3.37. The van der Waals surface area contributed by atoms with Gasteiger partial charge in [0, 0.05) is 6.04 Å². The number of hydrogen-bond donors (Lipinski definition) is 2. The Morgan fingerprint density at radius 2 is 1.80 bits per heavy atom. The first kappa shape index (κ1) is 15.8. The minimum Gasteiger partial charge on any atom is -0.376 e. The molecule has 0 spiro atoms. The van der Waals surface area contributed by atoms with Gasteiger partial charge < -0.3 is 10.5 Å². The first-order valence-corrected chi connectivity index (χ1v) is 8.24. The maximum Gasteiger partial charge on any atom is 0.240 e. The minimum atomic E-state index is -0.652. The molecule has 3 N–H and O–H groups in total. The largest absolute Gasteiger partial charge is 0.376 e. The van der Waals surface area contributed by atoms with E-state index < -0.39 is 5.54 Å². The average Bonchev–Trinajstić information content (AvgIpc) is 3.20. The lowest BCUT2D eigenvalue weighted by Crippen LogP contribution is -2.62. The number of carbonyl (C=O) groups is 1. The van der Waals surface area contributed by atoms with Gasteiger partial charge in [-0.25, -0.2) is 0 Å². The van der Waals surface area contributed by atoms with Crippen molar-refractivity contribution in [2.45, 2.75) is 82.9 Å². The highest BCUT2D eigenvalue weighted by atomic mass is 16.5. The van der Waals surface area contributed by atoms with Gasteiger partial charge in [-0.05, 0) is 45.4 Å². The zero-order valence-electron chi connectivity index (χ0n) is 13.0. The Hall–Kier alpha value is -0.610. The highest BCUT2D eigenvalue weighted by Gasteiger charge is 2.50. The topological polar surface area (TPSA) is 64.3 Å². The van der Waals surface area contributed by atoms with Crippen molar-refractivity contribution in [3.63, 3.8) is 0 Å². The van der Waals surface area contributed by atoms with E-state index in [9.17, 15) is 4.79 Å². The molecule has 0 aromatic rings. The summed E-state index contributed by atoms with van der Waals surface area (Å²) < 4.78 is 6.13. The maximum atomic E-state index is 12.1. The molecule has 2 aliphatic carbocycles. The summed E-state index contributed by atoms with van der Waals surface area (Å²) in [6.07, 6.45) is 9.84. The monoisotopic (exact) mass is 282 g/mol. The van der Waals surface area contributed by atoms with Gasteiger partial charge in [0.25, 0.3) is 0 Å². The van der Waals surface area contributed by atoms with Gasteiger partial charge in [0.05, 0.1) is 12.7 Å². The van der Waals surface area contributed by atoms with Crippen LogP contribution in [0.15, 0.2) is 0 Å². The lowest BCUT2D eigenvalue weighted by molar-refractivity contribution is -0.130. The first-order valence-electron chi connectivity index (χ1n) is 8.24. The van der Waals surface area contributed by atoms with Gasteiger partial charge in [-0.3, -0.25) is 10.1 Å². The molecule has 0 aromatic heterocycles. The third-order valence-electron chi connectivity index (χ3n) is 4.61. The van der Waals surface area contributed by atoms with Gasteiger partial charge in [0.15, 0.2) is 0 Å². The Morgan fingerprint density at radius 3 is 2.25 bits per heavy atom. The quantitative estimate of drug-likeness (QED) is 0.705. The van der Waals surface area contributed by atoms with Crippen molar-refractivity contribution in [3.05, 3.63) is 0 Å². The number of hydrogen-bond acceptors (Lipinski definition) is 3. The summed E-state index contributed by atoms with van der Waals surface area (Å²) in [5.74, 6) is 0.107. The van der Waals surface area contributed by atoms with Crippen LogP contribution >= 0.6 is 0 Å². The molecule has 4 heteroatoms. The number of ether oxygens (including phenoxy) is 1. The summed E-state index contributed by atoms with van der Waals surface area (Å²) in [5, 5.41) is 3.41. The van der Waals surface area contributed by atoms with E-state index in [1.54, 1.807) is 0 Å². The molecule has 0 saturated heterocycles. The van der Waals surface area contributed by atoms with Crippen LogP contribution in [0.5, 0.6) is 0 Å². The molecule has 0 radical (unpaired) electrons. The highest BCUT2D eigenvalue weighted by molar-refractivity contribution is 5.85. The van der Waals surface area contributed by atoms with E-state index in [-0.39, 0.29) is 11.9 Å². The van der Waals surface area contributed by atoms with Crippen LogP contribution in [0.4, 0.5) is 0 Å². The molecule has 4 nitrogen and oxygen atoms in total. The number of primary amides is 1. The summed E-state index contributed by atoms with van der Waals surface area (Å²) in [5.41, 5.74) is 5.07. The Morgan fingerprint density at radius 1 is 1.20 bits per heavy atom. The second-order valence-electron chi connectivity index (χ2n) is 6.83. The number of nitrogens with one attached hydrogen (secondary N) is 1. The van der Waals surface area contributed by atoms with Crippen LogP contribution in [0.25, 0.3) is 0 Å². The van der Waals surface area contributed by atoms with E-state index >= 15 is 0 Å². The van der Waals surface area contributed by atoms with E-state index in [1.165, 1.54) is 25.7 Å². The highest BCUT2D eigenvalue weighted by Crippen LogP contribution is 2.40. The molecular formula is C16H30N2O2. The number of rotatable bonds is 7. The van der Waals surface area contributed by atoms with Crippen LogP contribution < -0.4 is 11.1 Å². The molecule has 0 aliphatic heterocycles. The maximum absolute atomic E-state index is 12.1. The first-order chi connectivity index (χ1) is 9.54. The normalized spacial score (nSPS) is 24.4. The molecule has 0 heterocycles. The van der Waals surface area contributed by atoms with Crippen LogP contribution in [0, 0.1) is 5.92 Å². The molecular weight excluding hydrogens is 252 g/mol. The van der Waals surface area contributed by atoms with Crippen LogP contribution in [0.2, 0.25) is 0 Å². The summed E-state index contributed by atoms with van der Waals surface area (Å²) in [7, 11) is 0. The molecule has 2 aliphatic rings. The minimum absolute atomic E-state index is 0.237. The molecule has 1 atom stereocenters. The number of nitrogens with two attached hydrogens (primary N) is 1. The Labute approximate surface area is 122 Å². The van der Waals surface area contributed by atoms with Crippen LogP contribution in [-0.2, 0) is 9.53 Å². The molecule has 2 rings (SSSR count). The van der Waals surface area contributed by atoms with Crippen LogP contribution in [0.1, 0.15) is 65.2 Å². The molecule has 2 fully saturated rings. The summed E-state index contributed by atoms with van der Waals surface area (Å²) in [4.78, 5) is 12.1. The van der Waals surface area contributed by atoms with Crippen molar-refractivity contribution in [1.29, 1.82) is 0 Å². The molecule has 1 unspecified atom stereocenters. The van der Waals surface area contributed by atoms with Crippen molar-refractivity contribution in [2.75, 3.05) is 6.61 Å². The summed E-state index contributed by atoms with van der Waals surface area (Å²) in [6, 6.07) is 0.237. The van der Waals surface area contributed by atoms with Gasteiger partial charge in [-0.1, -0.05) is 25.7 Å². The molecule has 2 saturated carbocycles. The van der Waals surface area contributed by atoms with Crippen molar-refractivity contribution in [2.24, 2.45) is 11.7 Å². The van der Waals surface area contributed by atoms with Gasteiger partial charge in [-0.2, -0.15) is 0 Å². The number of amides is 1. The summed E-state index contributed by atoms with van der Waals surface area (Å²) in [6.45, 7) is 4.56. The van der Waals surface area contributed by atoms with Gasteiger partial charge >= 0.3 is 0 Å². The zero-order valence-corrected chi connectivity index (χ0v) is 13.0. The lowest BCUT2D eigenvalue weighted by Gasteiger charge is -2.35. The average molecular weight is 282 g/mol. The smallest absolute Gasteiger partial charge is 0.240 e. The molecule has 0 aromatic carbocycles. The van der Waals surface area contributed by atoms with E-state index in [0.29, 0.717) is 18.6 Å². The van der Waals surface area contributed by atoms with Crippen molar-refractivity contribution in [3.8, 4) is 0 Å². The Bertz CT molecular complexity index is 320. The zero-order chi connectivity index (χ0) is 14.6. The lowest BCUT2D eigenvalue weighted by atomic mass is 9.92. The van der Waals surface area contributed by atoms with E-state index in [1.807, 2.05) is 0 Å². The third-order valence-corrected chi connectivity index (χ3v) is 4.61. The standard InChI is InChI=1S/C16H30N2O2/c1-12(2)18-16(15(17)19,13-9-10-13)11-20-14-7-5-3-4-6-8-14/h12-14,18H,3-11H2,1-2H3,(H2,17,19). The van der Waals surface area contributed by atoms with Crippen LogP contribution in [-0.4, -0.2) is 30.2 Å². The predicted molar refractivity (Wildman–Crippen MR) is 80.4 cm³/mol. The SMILES string of the molecule is CC(C)NC(COC1CCCCCC1)(C(N)=O)C1CC1. The van der Waals surface area contributed by atoms with Crippen molar-refractivity contribution >= 4 is 5.91 Å². The van der Waals surface area contributed by atoms with Crippen molar-refractivity contribution < 1.29 is 9.53 Å². The Balaban J connectivity index is 1.97. The van der Waals surface area contributed by atoms with Gasteiger partial charge in [-0.15, -0.1) is 0 Å². The molecule has 20 heavy (non-hydrogen) atoms. The van der Waals surface area contributed by atoms with E-state index in [4.69, 9.17) is 10.5 Å². The second kappa shape index (κ2) is 6.90. The predicted octanol–water partition coefficient (Wildman–Crippen LogP) is 2.36. The van der Waals surface area contributed by atoms with E-state index in [0.717, 1.165) is 25.7 Å². The summed E-state index contributed by atoms with van der Waals surface area (Å²) >= 11 is 0. The third kappa shape index (κ3) is 3.95. The molecule has 1 amide bonds. The van der Waals surface area contributed by atoms with E-state index in [2.05, 4.69) is 19.2 Å². The van der Waals surface area contributed by atoms with Crippen molar-refractivity contribution in [1.82, 2.24) is 5.32 Å². The molecule has 0 bridgehead atoms. The fourth-order valence-electron chi connectivity index (χ4n) is 3.37. The van der Waals surface area contributed by atoms with Gasteiger partial charge in [0.2, 0.25) is 5.91 Å².